The van der Waals surface area contributed by atoms with E-state index in [2.05, 4.69) is 27.7 Å². The van der Waals surface area contributed by atoms with Crippen LogP contribution in [0.5, 0.6) is 0 Å². The molecule has 0 aliphatic rings. The molecule has 2 heteroatoms. The number of hydrogen-bond acceptors (Lipinski definition) is 1. The fraction of sp³-hybridized carbons (Fsp3) is 1.00. The third-order valence-electron chi connectivity index (χ3n) is 3.70. The van der Waals surface area contributed by atoms with Gasteiger partial charge in [-0.15, -0.1) is 0 Å². The van der Waals surface area contributed by atoms with Gasteiger partial charge in [-0.1, -0.05) is 0 Å². The molecule has 2 N–H and O–H groups in total. The van der Waals surface area contributed by atoms with Crippen LogP contribution in [-0.2, 0) is 18.8 Å². The number of nitrogens with two attached hydrogens (primary N) is 1. The molecule has 0 aliphatic carbocycles. The van der Waals surface area contributed by atoms with Crippen molar-refractivity contribution in [3.05, 3.63) is 0 Å². The van der Waals surface area contributed by atoms with Crippen LogP contribution in [0.15, 0.2) is 0 Å². The molecule has 0 aliphatic heterocycles. The van der Waals surface area contributed by atoms with E-state index in [4.69, 9.17) is 3.72 Å². The van der Waals surface area contributed by atoms with E-state index in [1.165, 1.54) is 42.4 Å². The maximum absolute atomic E-state index is 6.98. The van der Waals surface area contributed by atoms with Crippen LogP contribution < -0.4 is 3.72 Å². The minimum atomic E-state index is -2.82. The fourth-order valence-corrected chi connectivity index (χ4v) is 28.2. The SMILES string of the molecule is CC[CH2][Hf]([NH2])([CH2]CC)([CH2]CC)[CH2]CC. The van der Waals surface area contributed by atoms with Crippen LogP contribution in [0.4, 0.5) is 0 Å². The van der Waals surface area contributed by atoms with Gasteiger partial charge in [-0.05, 0) is 0 Å². The van der Waals surface area contributed by atoms with Crippen molar-refractivity contribution in [1.82, 2.24) is 0 Å². The molecule has 0 fully saturated rings. The Balaban J connectivity index is 4.69. The van der Waals surface area contributed by atoms with Crippen LogP contribution in [0.25, 0.3) is 0 Å². The topological polar surface area (TPSA) is 26.0 Å². The Morgan fingerprint density at radius 1 is 0.643 bits per heavy atom. The Morgan fingerprint density at radius 3 is 1.00 bits per heavy atom. The molecule has 0 heterocycles. The predicted molar refractivity (Wildman–Crippen MR) is 64.6 cm³/mol. The normalized spacial score (nSPS) is 15.1. The minimum absolute atomic E-state index is 1.31. The van der Waals surface area contributed by atoms with E-state index >= 15 is 0 Å². The second kappa shape index (κ2) is 6.42. The first-order chi connectivity index (χ1) is 6.54. The van der Waals surface area contributed by atoms with Crippen LogP contribution in [-0.4, -0.2) is 0 Å². The van der Waals surface area contributed by atoms with Crippen molar-refractivity contribution < 1.29 is 18.8 Å². The third-order valence-corrected chi connectivity index (χ3v) is 30.3. The molecule has 0 aromatic rings. The quantitative estimate of drug-likeness (QED) is 0.610. The molecule has 0 spiro atoms. The first kappa shape index (κ1) is 14.8. The van der Waals surface area contributed by atoms with Crippen molar-refractivity contribution in [2.45, 2.75) is 70.1 Å². The molecule has 0 saturated heterocycles. The first-order valence-corrected chi connectivity index (χ1v) is 18.8. The zero-order valence-electron chi connectivity index (χ0n) is 10.7. The Labute approximate surface area is 92.3 Å². The summed E-state index contributed by atoms with van der Waals surface area (Å²) in [6.45, 7) is 9.24. The molecule has 0 radical (unpaired) electrons. The van der Waals surface area contributed by atoms with Crippen molar-refractivity contribution >= 4 is 0 Å². The monoisotopic (exact) mass is 368 g/mol. The van der Waals surface area contributed by atoms with Crippen LogP contribution in [0.3, 0.4) is 0 Å². The molecule has 14 heavy (non-hydrogen) atoms. The van der Waals surface area contributed by atoms with Gasteiger partial charge in [0.2, 0.25) is 0 Å². The molecule has 0 rings (SSSR count). The van der Waals surface area contributed by atoms with Gasteiger partial charge in [0.1, 0.15) is 0 Å². The van der Waals surface area contributed by atoms with Gasteiger partial charge in [0.25, 0.3) is 0 Å². The van der Waals surface area contributed by atoms with Gasteiger partial charge in [0.15, 0.2) is 0 Å². The van der Waals surface area contributed by atoms with Crippen LogP contribution >= 0.6 is 0 Å². The molecule has 0 unspecified atom stereocenters. The van der Waals surface area contributed by atoms with Crippen molar-refractivity contribution in [3.63, 3.8) is 0 Å². The van der Waals surface area contributed by atoms with Crippen LogP contribution in [0.1, 0.15) is 53.4 Å². The molecule has 0 aromatic heterocycles. The average molecular weight is 367 g/mol. The van der Waals surface area contributed by atoms with Gasteiger partial charge < -0.3 is 0 Å². The second-order valence-electron chi connectivity index (χ2n) is 5.32. The summed E-state index contributed by atoms with van der Waals surface area (Å²) >= 11 is -2.82. The van der Waals surface area contributed by atoms with Crippen molar-refractivity contribution in [3.8, 4) is 0 Å². The zero-order chi connectivity index (χ0) is 11.1. The summed E-state index contributed by atoms with van der Waals surface area (Å²) in [5.74, 6) is 0. The molecule has 0 saturated carbocycles. The summed E-state index contributed by atoms with van der Waals surface area (Å²) in [4.78, 5) is 0. The third kappa shape index (κ3) is 4.14. The fourth-order valence-electron chi connectivity index (χ4n) is 3.45. The van der Waals surface area contributed by atoms with Crippen LogP contribution in [0, 0.1) is 0 Å². The number of rotatable bonds is 8. The molecule has 0 atom stereocenters. The van der Waals surface area contributed by atoms with E-state index in [-0.39, 0.29) is 0 Å². The molecule has 0 amide bonds. The first-order valence-electron chi connectivity index (χ1n) is 6.53. The van der Waals surface area contributed by atoms with Gasteiger partial charge >= 0.3 is 92.6 Å². The summed E-state index contributed by atoms with van der Waals surface area (Å²) < 4.78 is 12.6. The summed E-state index contributed by atoms with van der Waals surface area (Å²) in [7, 11) is 0. The van der Waals surface area contributed by atoms with Crippen molar-refractivity contribution in [2.24, 2.45) is 3.72 Å². The number of hydrogen-bond donors (Lipinski definition) is 1. The van der Waals surface area contributed by atoms with E-state index in [1.807, 2.05) is 0 Å². The van der Waals surface area contributed by atoms with E-state index in [1.54, 1.807) is 0 Å². The predicted octanol–water partition coefficient (Wildman–Crippen LogP) is 4.86. The van der Waals surface area contributed by atoms with E-state index in [9.17, 15) is 0 Å². The van der Waals surface area contributed by atoms with Gasteiger partial charge in [0, 0.05) is 0 Å². The summed E-state index contributed by atoms with van der Waals surface area (Å²) in [5.41, 5.74) is 0. The van der Waals surface area contributed by atoms with E-state index < -0.39 is 18.8 Å². The summed E-state index contributed by atoms with van der Waals surface area (Å²) in [6, 6.07) is 0. The van der Waals surface area contributed by atoms with Crippen molar-refractivity contribution in [2.75, 3.05) is 0 Å². The van der Waals surface area contributed by atoms with E-state index in [0.717, 1.165) is 0 Å². The molecule has 1 nitrogen and oxygen atoms in total. The summed E-state index contributed by atoms with van der Waals surface area (Å²) in [5, 5.41) is 0. The molecule has 0 aromatic carbocycles. The second-order valence-corrected chi connectivity index (χ2v) is 29.1. The molecule has 0 bridgehead atoms. The Kier molecular flexibility index (Phi) is 6.80. The molecular weight excluding hydrogens is 337 g/mol. The average Bonchev–Trinajstić information content (AvgIpc) is 2.05. The van der Waals surface area contributed by atoms with Gasteiger partial charge in [-0.25, -0.2) is 0 Å². The Morgan fingerprint density at radius 2 is 0.857 bits per heavy atom. The zero-order valence-corrected chi connectivity index (χ0v) is 14.3. The van der Waals surface area contributed by atoms with E-state index in [0.29, 0.717) is 0 Å². The van der Waals surface area contributed by atoms with Gasteiger partial charge in [-0.3, -0.25) is 0 Å². The van der Waals surface area contributed by atoms with Gasteiger partial charge in [-0.2, -0.15) is 0 Å². The van der Waals surface area contributed by atoms with Crippen molar-refractivity contribution in [1.29, 1.82) is 0 Å². The maximum atomic E-state index is 6.98. The van der Waals surface area contributed by atoms with Crippen LogP contribution in [0.2, 0.25) is 16.7 Å². The summed E-state index contributed by atoms with van der Waals surface area (Å²) in [6.07, 6.45) is 5.25. The standard InChI is InChI=1S/4C3H7.Hf.H2N/c4*1-3-2;;/h4*1,3H2,2H3;;1H2/q;;;;+1;-1. The Bertz CT molecular complexity index is 121. The molecular formula is C12H30HfN. The Hall–Kier alpha value is 0.830. The van der Waals surface area contributed by atoms with Gasteiger partial charge in [0.05, 0.1) is 0 Å². The molecule has 87 valence electrons.